The van der Waals surface area contributed by atoms with Crippen LogP contribution >= 0.6 is 0 Å². The van der Waals surface area contributed by atoms with Crippen LogP contribution in [0.3, 0.4) is 0 Å². The van der Waals surface area contributed by atoms with E-state index in [1.165, 1.54) is 19.3 Å². The molecule has 0 spiro atoms. The maximum atomic E-state index is 12.8. The molecule has 3 aliphatic carbocycles. The number of nitrogens with one attached hydrogen (secondary N) is 1. The monoisotopic (exact) mass is 354 g/mol. The van der Waals surface area contributed by atoms with Crippen LogP contribution in [0.4, 0.5) is 13.2 Å². The molecular weight excluding hydrogens is 333 g/mol. The molecule has 1 aromatic heterocycles. The van der Waals surface area contributed by atoms with Gasteiger partial charge in [0.05, 0.1) is 5.56 Å². The number of amides is 1. The number of alkyl halides is 3. The van der Waals surface area contributed by atoms with Gasteiger partial charge in [-0.25, -0.2) is 0 Å². The largest absolute Gasteiger partial charge is 0.417 e. The number of halogens is 3. The molecule has 4 nitrogen and oxygen atoms in total. The van der Waals surface area contributed by atoms with Gasteiger partial charge in [0.15, 0.2) is 0 Å². The summed E-state index contributed by atoms with van der Waals surface area (Å²) in [6.45, 7) is -0.370. The van der Waals surface area contributed by atoms with Crippen molar-refractivity contribution < 1.29 is 18.0 Å². The molecule has 1 aromatic rings. The van der Waals surface area contributed by atoms with Crippen LogP contribution in [0, 0.1) is 23.7 Å². The molecule has 25 heavy (non-hydrogen) atoms. The minimum atomic E-state index is -4.53. The Balaban J connectivity index is 1.43. The normalized spacial score (nSPS) is 33.5. The minimum absolute atomic E-state index is 0.110. The molecule has 5 atom stereocenters. The van der Waals surface area contributed by atoms with Gasteiger partial charge in [0.25, 0.3) is 5.56 Å². The summed E-state index contributed by atoms with van der Waals surface area (Å²) in [6.07, 6.45) is 2.10. The molecule has 1 amide bonds. The zero-order chi connectivity index (χ0) is 17.8. The first kappa shape index (κ1) is 16.7. The predicted molar refractivity (Wildman–Crippen MR) is 84.7 cm³/mol. The van der Waals surface area contributed by atoms with Crippen LogP contribution in [0.2, 0.25) is 0 Å². The first-order valence-corrected chi connectivity index (χ1v) is 8.90. The molecule has 0 radical (unpaired) electrons. The van der Waals surface area contributed by atoms with Crippen molar-refractivity contribution in [2.45, 2.75) is 50.9 Å². The van der Waals surface area contributed by atoms with E-state index in [9.17, 15) is 22.8 Å². The smallest absolute Gasteiger partial charge is 0.352 e. The summed E-state index contributed by atoms with van der Waals surface area (Å²) in [6, 6.07) is 1.71. The molecule has 0 unspecified atom stereocenters. The Morgan fingerprint density at radius 2 is 1.92 bits per heavy atom. The average molecular weight is 354 g/mol. The fourth-order valence-corrected chi connectivity index (χ4v) is 5.46. The third kappa shape index (κ3) is 2.98. The van der Waals surface area contributed by atoms with Crippen molar-refractivity contribution in [3.63, 3.8) is 0 Å². The molecule has 4 rings (SSSR count). The summed E-state index contributed by atoms with van der Waals surface area (Å²) in [5, 5.41) is 2.98. The van der Waals surface area contributed by atoms with E-state index in [0.717, 1.165) is 41.7 Å². The molecule has 0 saturated heterocycles. The highest BCUT2D eigenvalue weighted by Crippen LogP contribution is 2.58. The second-order valence-corrected chi connectivity index (χ2v) is 7.71. The number of nitrogens with zero attached hydrogens (tertiary/aromatic N) is 1. The van der Waals surface area contributed by atoms with Crippen LogP contribution in [0.5, 0.6) is 0 Å². The van der Waals surface area contributed by atoms with Crippen LogP contribution in [0.1, 0.15) is 37.7 Å². The molecule has 7 heteroatoms. The zero-order valence-electron chi connectivity index (χ0n) is 13.8. The Morgan fingerprint density at radius 3 is 2.68 bits per heavy atom. The van der Waals surface area contributed by atoms with Crippen molar-refractivity contribution in [1.82, 2.24) is 9.88 Å². The fourth-order valence-electron chi connectivity index (χ4n) is 5.46. The standard InChI is InChI=1S/C18H21F3N2O2/c19-18(20,21)11-4-5-17(25)23(8-11)9-16(24)22-15-7-10-6-14(15)13-3-1-2-12(10)13/h4-5,8,10,12-15H,1-3,6-7,9H2,(H,22,24)/t10-,12+,13+,14+,15-/m1/s1. The number of aromatic nitrogens is 1. The number of pyridine rings is 1. The Kier molecular flexibility index (Phi) is 3.92. The van der Waals surface area contributed by atoms with E-state index in [1.54, 1.807) is 0 Å². The lowest BCUT2D eigenvalue weighted by atomic mass is 9.79. The molecule has 1 N–H and O–H groups in total. The van der Waals surface area contributed by atoms with Crippen molar-refractivity contribution in [1.29, 1.82) is 0 Å². The van der Waals surface area contributed by atoms with Crippen molar-refractivity contribution in [3.05, 3.63) is 34.2 Å². The highest BCUT2D eigenvalue weighted by molar-refractivity contribution is 5.76. The van der Waals surface area contributed by atoms with Crippen molar-refractivity contribution in [2.24, 2.45) is 23.7 Å². The van der Waals surface area contributed by atoms with Gasteiger partial charge in [0.1, 0.15) is 6.54 Å². The molecule has 3 saturated carbocycles. The van der Waals surface area contributed by atoms with Gasteiger partial charge in [-0.05, 0) is 55.4 Å². The van der Waals surface area contributed by atoms with E-state index in [-0.39, 0.29) is 18.5 Å². The first-order valence-electron chi connectivity index (χ1n) is 8.90. The molecule has 2 bridgehead atoms. The molecule has 0 aliphatic heterocycles. The molecular formula is C18H21F3N2O2. The Labute approximate surface area is 143 Å². The van der Waals surface area contributed by atoms with Crippen molar-refractivity contribution in [3.8, 4) is 0 Å². The molecule has 136 valence electrons. The lowest BCUT2D eigenvalue weighted by molar-refractivity contribution is -0.138. The second-order valence-electron chi connectivity index (χ2n) is 7.71. The average Bonchev–Trinajstić information content (AvgIpc) is 3.20. The van der Waals surface area contributed by atoms with Crippen LogP contribution in [-0.4, -0.2) is 16.5 Å². The van der Waals surface area contributed by atoms with E-state index in [1.807, 2.05) is 0 Å². The third-order valence-corrected chi connectivity index (χ3v) is 6.40. The summed E-state index contributed by atoms with van der Waals surface area (Å²) >= 11 is 0. The quantitative estimate of drug-likeness (QED) is 0.908. The summed E-state index contributed by atoms with van der Waals surface area (Å²) in [5.41, 5.74) is -1.53. The van der Waals surface area contributed by atoms with Crippen LogP contribution < -0.4 is 10.9 Å². The highest BCUT2D eigenvalue weighted by Gasteiger charge is 2.54. The molecule has 0 aromatic carbocycles. The van der Waals surface area contributed by atoms with E-state index >= 15 is 0 Å². The molecule has 1 heterocycles. The van der Waals surface area contributed by atoms with Crippen LogP contribution in [-0.2, 0) is 17.5 Å². The molecule has 3 fully saturated rings. The number of fused-ring (bicyclic) bond motifs is 5. The number of rotatable bonds is 3. The Bertz CT molecular complexity index is 743. The summed E-state index contributed by atoms with van der Waals surface area (Å²) in [7, 11) is 0. The van der Waals surface area contributed by atoms with Crippen LogP contribution in [0.25, 0.3) is 0 Å². The number of hydrogen-bond donors (Lipinski definition) is 1. The minimum Gasteiger partial charge on any atom is -0.352 e. The van der Waals surface area contributed by atoms with Crippen LogP contribution in [0.15, 0.2) is 23.1 Å². The zero-order valence-corrected chi connectivity index (χ0v) is 13.8. The summed E-state index contributed by atoms with van der Waals surface area (Å²) in [4.78, 5) is 24.1. The van der Waals surface area contributed by atoms with E-state index in [4.69, 9.17) is 0 Å². The lowest BCUT2D eigenvalue weighted by Crippen LogP contribution is -2.44. The summed E-state index contributed by atoms with van der Waals surface area (Å²) < 4.78 is 39.2. The Morgan fingerprint density at radius 1 is 1.16 bits per heavy atom. The third-order valence-electron chi connectivity index (χ3n) is 6.40. The SMILES string of the molecule is O=C(Cn1cc(C(F)(F)F)ccc1=O)N[C@@H]1C[C@H]2C[C@H]1[C@H]1CCC[C@@H]21. The van der Waals surface area contributed by atoms with Gasteiger partial charge in [0.2, 0.25) is 5.91 Å². The summed E-state index contributed by atoms with van der Waals surface area (Å²) in [5.74, 6) is 2.30. The maximum Gasteiger partial charge on any atom is 0.417 e. The van der Waals surface area contributed by atoms with E-state index < -0.39 is 17.3 Å². The second kappa shape index (κ2) is 5.88. The van der Waals surface area contributed by atoms with Gasteiger partial charge in [0, 0.05) is 18.3 Å². The van der Waals surface area contributed by atoms with Gasteiger partial charge < -0.3 is 9.88 Å². The predicted octanol–water partition coefficient (Wildman–Crippen LogP) is 2.81. The lowest BCUT2D eigenvalue weighted by Gasteiger charge is -2.32. The highest BCUT2D eigenvalue weighted by atomic mass is 19.4. The fraction of sp³-hybridized carbons (Fsp3) is 0.667. The van der Waals surface area contributed by atoms with Gasteiger partial charge in [-0.2, -0.15) is 13.2 Å². The van der Waals surface area contributed by atoms with Crippen molar-refractivity contribution in [2.75, 3.05) is 0 Å². The van der Waals surface area contributed by atoms with Gasteiger partial charge in [-0.3, -0.25) is 9.59 Å². The number of carbonyl (C=O) groups excluding carboxylic acids is 1. The van der Waals surface area contributed by atoms with Gasteiger partial charge >= 0.3 is 6.18 Å². The first-order chi connectivity index (χ1) is 11.8. The van der Waals surface area contributed by atoms with Crippen molar-refractivity contribution >= 4 is 5.91 Å². The Hall–Kier alpha value is -1.79. The number of hydrogen-bond acceptors (Lipinski definition) is 2. The van der Waals surface area contributed by atoms with Gasteiger partial charge in [-0.1, -0.05) is 6.42 Å². The van der Waals surface area contributed by atoms with Gasteiger partial charge in [-0.15, -0.1) is 0 Å². The number of carbonyl (C=O) groups is 1. The molecule has 3 aliphatic rings. The van der Waals surface area contributed by atoms with E-state index in [2.05, 4.69) is 5.32 Å². The van der Waals surface area contributed by atoms with E-state index in [0.29, 0.717) is 17.8 Å². The maximum absolute atomic E-state index is 12.8. The topological polar surface area (TPSA) is 51.1 Å².